The summed E-state index contributed by atoms with van der Waals surface area (Å²) in [5.74, 6) is 1.96. The van der Waals surface area contributed by atoms with Gasteiger partial charge < -0.3 is 5.32 Å². The number of fused-ring (bicyclic) bond motifs is 1. The first-order valence-electron chi connectivity index (χ1n) is 6.72. The predicted molar refractivity (Wildman–Crippen MR) is 75.0 cm³/mol. The number of carbonyl (C=O) groups is 1. The van der Waals surface area contributed by atoms with Crippen LogP contribution in [0.2, 0.25) is 0 Å². The highest BCUT2D eigenvalue weighted by molar-refractivity contribution is 9.10. The molecular weight excluding hydrogens is 290 g/mol. The van der Waals surface area contributed by atoms with Gasteiger partial charge in [-0.15, -0.1) is 0 Å². The topological polar surface area (TPSA) is 29.1 Å². The minimum absolute atomic E-state index is 0.0938. The second-order valence-electron chi connectivity index (χ2n) is 5.57. The molecule has 0 saturated heterocycles. The highest BCUT2D eigenvalue weighted by Gasteiger charge is 2.56. The Labute approximate surface area is 116 Å². The lowest BCUT2D eigenvalue weighted by Gasteiger charge is -2.15. The first-order chi connectivity index (χ1) is 8.66. The molecule has 0 aliphatic heterocycles. The Morgan fingerprint density at radius 2 is 2.11 bits per heavy atom. The van der Waals surface area contributed by atoms with Gasteiger partial charge in [-0.2, -0.15) is 0 Å². The van der Waals surface area contributed by atoms with Gasteiger partial charge in [0, 0.05) is 10.4 Å². The van der Waals surface area contributed by atoms with Crippen LogP contribution in [0.25, 0.3) is 0 Å². The lowest BCUT2D eigenvalue weighted by Crippen LogP contribution is -2.29. The normalized spacial score (nSPS) is 30.7. The van der Waals surface area contributed by atoms with Crippen LogP contribution in [-0.4, -0.2) is 5.91 Å². The molecule has 1 aromatic carbocycles. The molecule has 0 radical (unpaired) electrons. The number of benzene rings is 1. The van der Waals surface area contributed by atoms with Gasteiger partial charge in [-0.3, -0.25) is 4.79 Å². The maximum atomic E-state index is 12.2. The molecule has 3 atom stereocenters. The molecule has 0 aromatic heterocycles. The SMILES string of the molecule is CC(NC(=O)C1C2CCCC21)c1cccc(Br)c1. The molecule has 0 heterocycles. The van der Waals surface area contributed by atoms with E-state index in [0.717, 1.165) is 10.0 Å². The fourth-order valence-corrected chi connectivity index (χ4v) is 3.80. The average Bonchev–Trinajstić information content (AvgIpc) is 2.83. The van der Waals surface area contributed by atoms with Crippen molar-refractivity contribution in [3.8, 4) is 0 Å². The molecule has 2 saturated carbocycles. The van der Waals surface area contributed by atoms with Crippen LogP contribution in [0.15, 0.2) is 28.7 Å². The summed E-state index contributed by atoms with van der Waals surface area (Å²) < 4.78 is 1.06. The maximum Gasteiger partial charge on any atom is 0.224 e. The Balaban J connectivity index is 1.61. The number of hydrogen-bond donors (Lipinski definition) is 1. The van der Waals surface area contributed by atoms with E-state index in [1.165, 1.54) is 19.3 Å². The third-order valence-corrected chi connectivity index (χ3v) is 4.91. The van der Waals surface area contributed by atoms with Crippen molar-refractivity contribution < 1.29 is 4.79 Å². The summed E-state index contributed by atoms with van der Waals surface area (Å²) in [7, 11) is 0. The lowest BCUT2D eigenvalue weighted by molar-refractivity contribution is -0.123. The molecule has 3 heteroatoms. The standard InChI is InChI=1S/C15H18BrNO/c1-9(10-4-2-5-11(16)8-10)17-15(18)14-12-6-3-7-13(12)14/h2,4-5,8-9,12-14H,3,6-7H2,1H3,(H,17,18). The van der Waals surface area contributed by atoms with Crippen molar-refractivity contribution in [2.45, 2.75) is 32.2 Å². The van der Waals surface area contributed by atoms with E-state index in [1.807, 2.05) is 12.1 Å². The van der Waals surface area contributed by atoms with E-state index in [1.54, 1.807) is 0 Å². The van der Waals surface area contributed by atoms with Crippen molar-refractivity contribution in [2.75, 3.05) is 0 Å². The number of carbonyl (C=O) groups excluding carboxylic acids is 1. The van der Waals surface area contributed by atoms with Crippen LogP contribution < -0.4 is 5.32 Å². The molecule has 2 aliphatic rings. The largest absolute Gasteiger partial charge is 0.349 e. The Morgan fingerprint density at radius 3 is 2.78 bits per heavy atom. The molecule has 0 spiro atoms. The van der Waals surface area contributed by atoms with E-state index >= 15 is 0 Å². The van der Waals surface area contributed by atoms with Crippen LogP contribution in [0.5, 0.6) is 0 Å². The Hall–Kier alpha value is -0.830. The number of nitrogens with one attached hydrogen (secondary N) is 1. The van der Waals surface area contributed by atoms with Crippen LogP contribution in [0.4, 0.5) is 0 Å². The molecule has 0 bridgehead atoms. The van der Waals surface area contributed by atoms with Gasteiger partial charge >= 0.3 is 0 Å². The third kappa shape index (κ3) is 2.20. The fourth-order valence-electron chi connectivity index (χ4n) is 3.38. The second-order valence-corrected chi connectivity index (χ2v) is 6.49. The lowest BCUT2D eigenvalue weighted by atomic mass is 10.1. The number of hydrogen-bond acceptors (Lipinski definition) is 1. The van der Waals surface area contributed by atoms with Crippen molar-refractivity contribution in [3.05, 3.63) is 34.3 Å². The van der Waals surface area contributed by atoms with Crippen LogP contribution in [0.3, 0.4) is 0 Å². The monoisotopic (exact) mass is 307 g/mol. The smallest absolute Gasteiger partial charge is 0.224 e. The minimum atomic E-state index is 0.0938. The van der Waals surface area contributed by atoms with Gasteiger partial charge in [0.1, 0.15) is 0 Å². The van der Waals surface area contributed by atoms with E-state index in [4.69, 9.17) is 0 Å². The maximum absolute atomic E-state index is 12.2. The zero-order valence-electron chi connectivity index (χ0n) is 10.5. The van der Waals surface area contributed by atoms with Crippen molar-refractivity contribution in [2.24, 2.45) is 17.8 Å². The van der Waals surface area contributed by atoms with Crippen LogP contribution in [-0.2, 0) is 4.79 Å². The third-order valence-electron chi connectivity index (χ3n) is 4.42. The number of rotatable bonds is 3. The fraction of sp³-hybridized carbons (Fsp3) is 0.533. The summed E-state index contributed by atoms with van der Waals surface area (Å²) in [6, 6.07) is 8.23. The van der Waals surface area contributed by atoms with E-state index < -0.39 is 0 Å². The van der Waals surface area contributed by atoms with Gasteiger partial charge in [0.05, 0.1) is 6.04 Å². The summed E-state index contributed by atoms with van der Waals surface area (Å²) in [6.07, 6.45) is 3.84. The second kappa shape index (κ2) is 4.69. The number of halogens is 1. The quantitative estimate of drug-likeness (QED) is 0.907. The molecule has 2 fully saturated rings. The van der Waals surface area contributed by atoms with E-state index in [9.17, 15) is 4.79 Å². The Morgan fingerprint density at radius 1 is 1.39 bits per heavy atom. The summed E-state index contributed by atoms with van der Waals surface area (Å²) in [6.45, 7) is 2.05. The number of amides is 1. The Bertz CT molecular complexity index is 463. The van der Waals surface area contributed by atoms with E-state index in [0.29, 0.717) is 17.8 Å². The van der Waals surface area contributed by atoms with E-state index in [2.05, 4.69) is 40.3 Å². The van der Waals surface area contributed by atoms with E-state index in [-0.39, 0.29) is 11.9 Å². The molecule has 2 nitrogen and oxygen atoms in total. The Kier molecular flexibility index (Phi) is 3.18. The van der Waals surface area contributed by atoms with Crippen molar-refractivity contribution in [1.29, 1.82) is 0 Å². The average molecular weight is 308 g/mol. The highest BCUT2D eigenvalue weighted by Crippen LogP contribution is 2.57. The summed E-state index contributed by atoms with van der Waals surface area (Å²) in [4.78, 5) is 12.2. The molecule has 1 aromatic rings. The molecule has 3 unspecified atom stereocenters. The predicted octanol–water partition coefficient (Wildman–Crippen LogP) is 3.67. The van der Waals surface area contributed by atoms with Gasteiger partial charge in [-0.1, -0.05) is 34.5 Å². The molecule has 2 aliphatic carbocycles. The zero-order valence-corrected chi connectivity index (χ0v) is 12.1. The van der Waals surface area contributed by atoms with Crippen LogP contribution >= 0.6 is 15.9 Å². The van der Waals surface area contributed by atoms with Crippen molar-refractivity contribution in [3.63, 3.8) is 0 Å². The van der Waals surface area contributed by atoms with Crippen LogP contribution in [0.1, 0.15) is 37.8 Å². The molecule has 18 heavy (non-hydrogen) atoms. The van der Waals surface area contributed by atoms with Crippen molar-refractivity contribution in [1.82, 2.24) is 5.32 Å². The molecule has 3 rings (SSSR count). The van der Waals surface area contributed by atoms with Crippen LogP contribution in [0, 0.1) is 17.8 Å². The highest BCUT2D eigenvalue weighted by atomic mass is 79.9. The van der Waals surface area contributed by atoms with Gasteiger partial charge in [-0.05, 0) is 49.3 Å². The van der Waals surface area contributed by atoms with Crippen molar-refractivity contribution >= 4 is 21.8 Å². The molecular formula is C15H18BrNO. The zero-order chi connectivity index (χ0) is 12.7. The molecule has 96 valence electrons. The summed E-state index contributed by atoms with van der Waals surface area (Å²) >= 11 is 3.46. The van der Waals surface area contributed by atoms with Gasteiger partial charge in [0.25, 0.3) is 0 Å². The summed E-state index contributed by atoms with van der Waals surface area (Å²) in [5.41, 5.74) is 1.16. The first kappa shape index (κ1) is 12.2. The van der Waals surface area contributed by atoms with Gasteiger partial charge in [0.2, 0.25) is 5.91 Å². The first-order valence-corrected chi connectivity index (χ1v) is 7.52. The molecule has 1 amide bonds. The molecule has 1 N–H and O–H groups in total. The van der Waals surface area contributed by atoms with Gasteiger partial charge in [0.15, 0.2) is 0 Å². The van der Waals surface area contributed by atoms with Gasteiger partial charge in [-0.25, -0.2) is 0 Å². The minimum Gasteiger partial charge on any atom is -0.349 e. The summed E-state index contributed by atoms with van der Waals surface area (Å²) in [5, 5.41) is 3.15.